The molecule has 0 bridgehead atoms. The molecule has 0 unspecified atom stereocenters. The van der Waals surface area contributed by atoms with Crippen molar-refractivity contribution in [3.8, 4) is 11.5 Å². The van der Waals surface area contributed by atoms with Gasteiger partial charge in [-0.1, -0.05) is 29.8 Å². The Morgan fingerprint density at radius 1 is 1.00 bits per heavy atom. The summed E-state index contributed by atoms with van der Waals surface area (Å²) in [6.45, 7) is 0.238. The highest BCUT2D eigenvalue weighted by atomic mass is 35.5. The van der Waals surface area contributed by atoms with Gasteiger partial charge < -0.3 is 14.8 Å². The van der Waals surface area contributed by atoms with E-state index < -0.39 is 11.9 Å². The van der Waals surface area contributed by atoms with Crippen molar-refractivity contribution in [2.24, 2.45) is 0 Å². The van der Waals surface area contributed by atoms with Gasteiger partial charge in [0.15, 0.2) is 11.5 Å². The van der Waals surface area contributed by atoms with E-state index in [1.807, 2.05) is 0 Å². The second-order valence-corrected chi connectivity index (χ2v) is 7.37. The number of benzene rings is 3. The summed E-state index contributed by atoms with van der Waals surface area (Å²) in [6, 6.07) is 17.0. The third-order valence-electron chi connectivity index (χ3n) is 4.77. The van der Waals surface area contributed by atoms with Gasteiger partial charge in [0.05, 0.1) is 12.8 Å². The monoisotopic (exact) mass is 452 g/mol. The second kappa shape index (κ2) is 9.11. The lowest BCUT2D eigenvalue weighted by atomic mass is 10.1. The predicted octanol–water partition coefficient (Wildman–Crippen LogP) is 5.16. The molecule has 0 aromatic heterocycles. The summed E-state index contributed by atoms with van der Waals surface area (Å²) in [5.41, 5.74) is 1.99. The quantitative estimate of drug-likeness (QED) is 0.414. The van der Waals surface area contributed by atoms with Crippen LogP contribution in [0.4, 0.5) is 14.9 Å². The number of carbonyl (C=O) groups excluding carboxylic acids is 2. The molecule has 1 heterocycles. The van der Waals surface area contributed by atoms with Crippen molar-refractivity contribution in [2.75, 3.05) is 12.0 Å². The van der Waals surface area contributed by atoms with Crippen molar-refractivity contribution in [3.05, 3.63) is 94.4 Å². The van der Waals surface area contributed by atoms with Gasteiger partial charge >= 0.3 is 6.03 Å². The van der Waals surface area contributed by atoms with Gasteiger partial charge in [0.1, 0.15) is 18.1 Å². The third-order valence-corrected chi connectivity index (χ3v) is 5.02. The molecule has 0 spiro atoms. The number of ether oxygens (including phenoxy) is 2. The second-order valence-electron chi connectivity index (χ2n) is 6.93. The summed E-state index contributed by atoms with van der Waals surface area (Å²) >= 11 is 5.88. The number of nitrogens with zero attached hydrogens (tertiary/aromatic N) is 1. The lowest BCUT2D eigenvalue weighted by Gasteiger charge is -2.12. The highest BCUT2D eigenvalue weighted by molar-refractivity contribution is 6.31. The highest BCUT2D eigenvalue weighted by Crippen LogP contribution is 2.30. The number of hydrogen-bond donors (Lipinski definition) is 1. The third kappa shape index (κ3) is 4.58. The van der Waals surface area contributed by atoms with Crippen molar-refractivity contribution in [3.63, 3.8) is 0 Å². The molecule has 1 aliphatic heterocycles. The Balaban J connectivity index is 1.52. The first-order valence-electron chi connectivity index (χ1n) is 9.62. The number of imide groups is 1. The molecule has 1 fully saturated rings. The van der Waals surface area contributed by atoms with Crippen LogP contribution in [-0.2, 0) is 11.4 Å². The molecule has 3 aromatic carbocycles. The Kier molecular flexibility index (Phi) is 6.09. The van der Waals surface area contributed by atoms with E-state index in [1.165, 1.54) is 19.2 Å². The van der Waals surface area contributed by atoms with E-state index in [4.69, 9.17) is 21.1 Å². The first-order valence-corrected chi connectivity index (χ1v) is 10.0. The van der Waals surface area contributed by atoms with Crippen LogP contribution in [0.1, 0.15) is 11.1 Å². The number of nitrogens with one attached hydrogen (secondary N) is 1. The normalized spacial score (nSPS) is 14.6. The molecular formula is C24H18ClFN2O4. The molecule has 0 atom stereocenters. The molecular weight excluding hydrogens is 435 g/mol. The zero-order valence-corrected chi connectivity index (χ0v) is 17.7. The SMILES string of the molecule is COc1cc(/C=C2/NC(=O)N(c3ccc(Cl)cc3)C2=O)ccc1OCc1ccc(F)cc1. The number of amides is 3. The maximum absolute atomic E-state index is 13.0. The zero-order valence-electron chi connectivity index (χ0n) is 17.0. The standard InChI is InChI=1S/C24H18ClFN2O4/c1-31-22-13-16(4-11-21(22)32-14-15-2-7-18(26)8-3-15)12-20-23(29)28(24(30)27-20)19-9-5-17(25)6-10-19/h2-13H,14H2,1H3,(H,27,30)/b20-12+. The number of halogens is 2. The number of hydrogen-bond acceptors (Lipinski definition) is 4. The fourth-order valence-electron chi connectivity index (χ4n) is 3.16. The van der Waals surface area contributed by atoms with Gasteiger partial charge in [-0.2, -0.15) is 0 Å². The van der Waals surface area contributed by atoms with E-state index >= 15 is 0 Å². The van der Waals surface area contributed by atoms with E-state index in [9.17, 15) is 14.0 Å². The van der Waals surface area contributed by atoms with E-state index in [0.717, 1.165) is 10.5 Å². The Bertz CT molecular complexity index is 1190. The van der Waals surface area contributed by atoms with Crippen LogP contribution >= 0.6 is 11.6 Å². The summed E-state index contributed by atoms with van der Waals surface area (Å²) in [6.07, 6.45) is 1.56. The summed E-state index contributed by atoms with van der Waals surface area (Å²) in [5.74, 6) is 0.149. The summed E-state index contributed by atoms with van der Waals surface area (Å²) in [4.78, 5) is 26.2. The minimum atomic E-state index is -0.546. The van der Waals surface area contributed by atoms with Crippen molar-refractivity contribution >= 4 is 35.3 Å². The molecule has 3 aromatic rings. The predicted molar refractivity (Wildman–Crippen MR) is 119 cm³/mol. The lowest BCUT2D eigenvalue weighted by molar-refractivity contribution is -0.113. The molecule has 1 aliphatic rings. The number of carbonyl (C=O) groups is 2. The minimum Gasteiger partial charge on any atom is -0.493 e. The van der Waals surface area contributed by atoms with Gasteiger partial charge in [-0.05, 0) is 65.7 Å². The maximum atomic E-state index is 13.0. The van der Waals surface area contributed by atoms with E-state index in [0.29, 0.717) is 27.8 Å². The van der Waals surface area contributed by atoms with E-state index in [2.05, 4.69) is 5.32 Å². The summed E-state index contributed by atoms with van der Waals surface area (Å²) < 4.78 is 24.2. The summed E-state index contributed by atoms with van der Waals surface area (Å²) in [7, 11) is 1.50. The molecule has 0 radical (unpaired) electrons. The van der Waals surface area contributed by atoms with Crippen LogP contribution in [0.2, 0.25) is 5.02 Å². The number of urea groups is 1. The molecule has 1 N–H and O–H groups in total. The highest BCUT2D eigenvalue weighted by Gasteiger charge is 2.34. The van der Waals surface area contributed by atoms with E-state index in [1.54, 1.807) is 60.7 Å². The van der Waals surface area contributed by atoms with Gasteiger partial charge in [0, 0.05) is 5.02 Å². The van der Waals surface area contributed by atoms with E-state index in [-0.39, 0.29) is 18.1 Å². The first kappa shape index (κ1) is 21.4. The fraction of sp³-hybridized carbons (Fsp3) is 0.0833. The van der Waals surface area contributed by atoms with Crippen LogP contribution in [0.3, 0.4) is 0 Å². The molecule has 0 aliphatic carbocycles. The Morgan fingerprint density at radius 2 is 1.72 bits per heavy atom. The van der Waals surface area contributed by atoms with Gasteiger partial charge in [0.25, 0.3) is 5.91 Å². The molecule has 162 valence electrons. The number of methoxy groups -OCH3 is 1. The van der Waals surface area contributed by atoms with Gasteiger partial charge in [-0.25, -0.2) is 14.1 Å². The van der Waals surface area contributed by atoms with Crippen LogP contribution in [0.25, 0.3) is 6.08 Å². The smallest absolute Gasteiger partial charge is 0.333 e. The molecule has 6 nitrogen and oxygen atoms in total. The zero-order chi connectivity index (χ0) is 22.7. The Hall–Kier alpha value is -3.84. The molecule has 1 saturated heterocycles. The molecule has 0 saturated carbocycles. The van der Waals surface area contributed by atoms with Crippen molar-refractivity contribution in [1.82, 2.24) is 5.32 Å². The molecule has 3 amide bonds. The van der Waals surface area contributed by atoms with Crippen molar-refractivity contribution < 1.29 is 23.5 Å². The molecule has 32 heavy (non-hydrogen) atoms. The topological polar surface area (TPSA) is 67.9 Å². The van der Waals surface area contributed by atoms with Gasteiger partial charge in [-0.15, -0.1) is 0 Å². The Morgan fingerprint density at radius 3 is 2.41 bits per heavy atom. The molecule has 4 rings (SSSR count). The maximum Gasteiger partial charge on any atom is 0.333 e. The first-order chi connectivity index (χ1) is 15.4. The largest absolute Gasteiger partial charge is 0.493 e. The number of anilines is 1. The molecule has 8 heteroatoms. The van der Waals surface area contributed by atoms with Crippen LogP contribution < -0.4 is 19.7 Å². The van der Waals surface area contributed by atoms with Gasteiger partial charge in [-0.3, -0.25) is 4.79 Å². The number of rotatable bonds is 6. The van der Waals surface area contributed by atoms with Crippen LogP contribution in [-0.4, -0.2) is 19.0 Å². The van der Waals surface area contributed by atoms with Crippen LogP contribution in [0, 0.1) is 5.82 Å². The average Bonchev–Trinajstić information content (AvgIpc) is 3.07. The van der Waals surface area contributed by atoms with Gasteiger partial charge in [0.2, 0.25) is 0 Å². The summed E-state index contributed by atoms with van der Waals surface area (Å²) in [5, 5.41) is 3.09. The average molecular weight is 453 g/mol. The minimum absolute atomic E-state index is 0.131. The van der Waals surface area contributed by atoms with Crippen molar-refractivity contribution in [1.29, 1.82) is 0 Å². The van der Waals surface area contributed by atoms with Crippen LogP contribution in [0.5, 0.6) is 11.5 Å². The van der Waals surface area contributed by atoms with Crippen LogP contribution in [0.15, 0.2) is 72.4 Å². The Labute approximate surface area is 188 Å². The lowest BCUT2D eigenvalue weighted by Crippen LogP contribution is -2.30. The fourth-order valence-corrected chi connectivity index (χ4v) is 3.29. The van der Waals surface area contributed by atoms with Crippen molar-refractivity contribution in [2.45, 2.75) is 6.61 Å².